The molecule has 1 aromatic rings. The van der Waals surface area contributed by atoms with E-state index in [1.165, 1.54) is 12.3 Å². The molecule has 5 nitrogen and oxygen atoms in total. The molecule has 0 fully saturated rings. The Labute approximate surface area is 85.1 Å². The lowest BCUT2D eigenvalue weighted by molar-refractivity contribution is 0.0691. The topological polar surface area (TPSA) is 87.2 Å². The maximum Gasteiger partial charge on any atom is 0.352 e. The molecule has 0 aromatic carbocycles. The van der Waals surface area contributed by atoms with E-state index in [4.69, 9.17) is 15.8 Å². The molecule has 78 valence electrons. The number of aryl methyl sites for hydroxylation is 1. The minimum Gasteiger partial charge on any atom is -0.477 e. The molecular weight excluding hydrogens is 230 g/mol. The van der Waals surface area contributed by atoms with E-state index in [-0.39, 0.29) is 17.9 Å². The molecule has 1 aromatic heterocycles. The Morgan fingerprint density at radius 3 is 2.64 bits per heavy atom. The summed E-state index contributed by atoms with van der Waals surface area (Å²) in [4.78, 5) is 12.9. The maximum absolute atomic E-state index is 10.6. The number of aromatic nitrogens is 1. The second kappa shape index (κ2) is 4.02. The fourth-order valence-corrected chi connectivity index (χ4v) is 1.66. The average Bonchev–Trinajstić information content (AvgIpc) is 2.47. The quantitative estimate of drug-likeness (QED) is 0.759. The average molecular weight is 238 g/mol. The molecule has 0 aliphatic carbocycles. The van der Waals surface area contributed by atoms with Gasteiger partial charge in [0.05, 0.1) is 5.75 Å². The number of H-pyrrole nitrogens is 1. The number of carboxylic acid groups (broad SMARTS) is 1. The minimum atomic E-state index is -3.52. The zero-order valence-corrected chi connectivity index (χ0v) is 8.60. The summed E-state index contributed by atoms with van der Waals surface area (Å²) < 4.78 is 21.2. The van der Waals surface area contributed by atoms with Gasteiger partial charge in [-0.1, -0.05) is 0 Å². The largest absolute Gasteiger partial charge is 0.477 e. The van der Waals surface area contributed by atoms with Crippen molar-refractivity contribution in [3.8, 4) is 0 Å². The van der Waals surface area contributed by atoms with Gasteiger partial charge in [-0.05, 0) is 18.1 Å². The van der Waals surface area contributed by atoms with E-state index in [0.717, 1.165) is 0 Å². The second-order valence-electron chi connectivity index (χ2n) is 2.72. The van der Waals surface area contributed by atoms with Crippen LogP contribution in [0, 0.1) is 0 Å². The van der Waals surface area contributed by atoms with Crippen LogP contribution in [0.15, 0.2) is 12.3 Å². The van der Waals surface area contributed by atoms with Crippen LogP contribution >= 0.6 is 10.7 Å². The van der Waals surface area contributed by atoms with Crippen LogP contribution in [-0.2, 0) is 15.5 Å². The molecular formula is C7H8ClNO4S. The van der Waals surface area contributed by atoms with E-state index in [1.54, 1.807) is 0 Å². The zero-order chi connectivity index (χ0) is 10.8. The molecule has 0 radical (unpaired) electrons. The highest BCUT2D eigenvalue weighted by Gasteiger charge is 2.09. The standard InChI is InChI=1S/C7H8ClNO4S/c8-14(12,13)2-1-5-3-6(7(10)11)9-4-5/h3-4,9H,1-2H2,(H,10,11). The van der Waals surface area contributed by atoms with Gasteiger partial charge in [-0.15, -0.1) is 0 Å². The van der Waals surface area contributed by atoms with E-state index >= 15 is 0 Å². The highest BCUT2D eigenvalue weighted by atomic mass is 35.7. The Morgan fingerprint density at radius 2 is 2.21 bits per heavy atom. The van der Waals surface area contributed by atoms with Crippen LogP contribution in [0.5, 0.6) is 0 Å². The monoisotopic (exact) mass is 237 g/mol. The highest BCUT2D eigenvalue weighted by Crippen LogP contribution is 2.07. The predicted octanol–water partition coefficient (Wildman–Crippen LogP) is 0.824. The second-order valence-corrected chi connectivity index (χ2v) is 5.62. The molecule has 0 amide bonds. The number of rotatable bonds is 4. The number of carboxylic acids is 1. The van der Waals surface area contributed by atoms with Gasteiger partial charge >= 0.3 is 5.97 Å². The van der Waals surface area contributed by atoms with E-state index in [1.807, 2.05) is 0 Å². The molecule has 0 aliphatic heterocycles. The van der Waals surface area contributed by atoms with Crippen molar-refractivity contribution in [2.75, 3.05) is 5.75 Å². The smallest absolute Gasteiger partial charge is 0.352 e. The van der Waals surface area contributed by atoms with Gasteiger partial charge in [-0.25, -0.2) is 13.2 Å². The number of halogens is 1. The summed E-state index contributed by atoms with van der Waals surface area (Å²) in [6, 6.07) is 1.38. The van der Waals surface area contributed by atoms with Crippen molar-refractivity contribution in [1.29, 1.82) is 0 Å². The van der Waals surface area contributed by atoms with E-state index < -0.39 is 15.0 Å². The summed E-state index contributed by atoms with van der Waals surface area (Å²) in [6.45, 7) is 0. The van der Waals surface area contributed by atoms with Crippen molar-refractivity contribution in [1.82, 2.24) is 4.98 Å². The van der Waals surface area contributed by atoms with Gasteiger partial charge in [-0.2, -0.15) is 0 Å². The maximum atomic E-state index is 10.6. The Kier molecular flexibility index (Phi) is 3.17. The summed E-state index contributed by atoms with van der Waals surface area (Å²) in [5, 5.41) is 8.55. The van der Waals surface area contributed by atoms with Gasteiger partial charge in [0.15, 0.2) is 0 Å². The molecule has 0 saturated heterocycles. The third-order valence-electron chi connectivity index (χ3n) is 1.61. The van der Waals surface area contributed by atoms with Crippen molar-refractivity contribution < 1.29 is 18.3 Å². The van der Waals surface area contributed by atoms with Gasteiger partial charge in [0.25, 0.3) is 0 Å². The van der Waals surface area contributed by atoms with E-state index in [0.29, 0.717) is 5.56 Å². The van der Waals surface area contributed by atoms with Gasteiger partial charge in [0.1, 0.15) is 5.69 Å². The lowest BCUT2D eigenvalue weighted by Crippen LogP contribution is -2.00. The van der Waals surface area contributed by atoms with Crippen LogP contribution in [-0.4, -0.2) is 30.2 Å². The fourth-order valence-electron chi connectivity index (χ4n) is 0.947. The normalized spacial score (nSPS) is 11.5. The number of hydrogen-bond donors (Lipinski definition) is 2. The van der Waals surface area contributed by atoms with Crippen LogP contribution in [0.1, 0.15) is 16.1 Å². The van der Waals surface area contributed by atoms with Crippen LogP contribution in [0.3, 0.4) is 0 Å². The lowest BCUT2D eigenvalue weighted by atomic mass is 10.2. The van der Waals surface area contributed by atoms with Crippen molar-refractivity contribution >= 4 is 25.7 Å². The van der Waals surface area contributed by atoms with Gasteiger partial charge < -0.3 is 10.1 Å². The first-order valence-corrected chi connectivity index (χ1v) is 6.19. The van der Waals surface area contributed by atoms with E-state index in [2.05, 4.69) is 4.98 Å². The minimum absolute atomic E-state index is 0.0342. The summed E-state index contributed by atoms with van der Waals surface area (Å²) in [5.41, 5.74) is 0.638. The molecule has 0 spiro atoms. The van der Waals surface area contributed by atoms with Crippen LogP contribution in [0.4, 0.5) is 0 Å². The number of hydrogen-bond acceptors (Lipinski definition) is 3. The van der Waals surface area contributed by atoms with Crippen molar-refractivity contribution in [2.45, 2.75) is 6.42 Å². The molecule has 0 bridgehead atoms. The van der Waals surface area contributed by atoms with Crippen molar-refractivity contribution in [3.05, 3.63) is 23.5 Å². The molecule has 0 aliphatic rings. The molecule has 1 rings (SSSR count). The molecule has 0 atom stereocenters. The Hall–Kier alpha value is -1.01. The third-order valence-corrected chi connectivity index (χ3v) is 2.76. The number of carbonyl (C=O) groups is 1. The summed E-state index contributed by atoms with van der Waals surface area (Å²) in [5.74, 6) is -1.28. The molecule has 14 heavy (non-hydrogen) atoms. The molecule has 0 saturated carbocycles. The number of aromatic carboxylic acids is 1. The molecule has 0 unspecified atom stereocenters. The van der Waals surface area contributed by atoms with Crippen LogP contribution in [0.25, 0.3) is 0 Å². The SMILES string of the molecule is O=C(O)c1cc(CCS(=O)(=O)Cl)c[nH]1. The van der Waals surface area contributed by atoms with E-state index in [9.17, 15) is 13.2 Å². The van der Waals surface area contributed by atoms with Crippen LogP contribution in [0.2, 0.25) is 0 Å². The van der Waals surface area contributed by atoms with Gasteiger partial charge in [0.2, 0.25) is 9.05 Å². The zero-order valence-electron chi connectivity index (χ0n) is 7.03. The van der Waals surface area contributed by atoms with Crippen molar-refractivity contribution in [2.24, 2.45) is 0 Å². The van der Waals surface area contributed by atoms with Gasteiger partial charge in [-0.3, -0.25) is 0 Å². The first-order chi connectivity index (χ1) is 6.38. The molecule has 7 heteroatoms. The molecule has 2 N–H and O–H groups in total. The first-order valence-electron chi connectivity index (χ1n) is 3.71. The number of nitrogens with one attached hydrogen (secondary N) is 1. The van der Waals surface area contributed by atoms with Gasteiger partial charge in [0, 0.05) is 16.9 Å². The number of aromatic amines is 1. The first kappa shape index (κ1) is 11.1. The molecule has 1 heterocycles. The summed E-state index contributed by atoms with van der Waals surface area (Å²) in [6.07, 6.45) is 1.65. The lowest BCUT2D eigenvalue weighted by Gasteiger charge is -1.92. The van der Waals surface area contributed by atoms with Crippen molar-refractivity contribution in [3.63, 3.8) is 0 Å². The highest BCUT2D eigenvalue weighted by molar-refractivity contribution is 8.13. The Bertz CT molecular complexity index is 436. The van der Waals surface area contributed by atoms with Crippen LogP contribution < -0.4 is 0 Å². The summed E-state index contributed by atoms with van der Waals surface area (Å²) >= 11 is 0. The third kappa shape index (κ3) is 3.39. The Morgan fingerprint density at radius 1 is 1.57 bits per heavy atom. The Balaban J connectivity index is 2.65. The summed E-state index contributed by atoms with van der Waals surface area (Å²) in [7, 11) is 1.48. The fraction of sp³-hybridized carbons (Fsp3) is 0.286. The predicted molar refractivity (Wildman–Crippen MR) is 51.1 cm³/mol.